The summed E-state index contributed by atoms with van der Waals surface area (Å²) in [6, 6.07) is 1.58. The summed E-state index contributed by atoms with van der Waals surface area (Å²) in [6.45, 7) is 4.58. The molecular formula is C11H22N4O. The molecule has 0 saturated carbocycles. The minimum Gasteiger partial charge on any atom is -0.409 e. The van der Waals surface area contributed by atoms with Crippen LogP contribution in [0, 0.1) is 0 Å². The molecular weight excluding hydrogens is 204 g/mol. The second-order valence-corrected chi connectivity index (χ2v) is 5.00. The van der Waals surface area contributed by atoms with Crippen molar-refractivity contribution in [3.8, 4) is 0 Å². The van der Waals surface area contributed by atoms with Crippen molar-refractivity contribution < 1.29 is 5.21 Å². The number of nitrogens with two attached hydrogens (primary N) is 1. The van der Waals surface area contributed by atoms with Crippen LogP contribution in [-0.4, -0.2) is 47.2 Å². The Morgan fingerprint density at radius 2 is 2.38 bits per heavy atom. The van der Waals surface area contributed by atoms with Crippen LogP contribution < -0.4 is 11.1 Å². The lowest BCUT2D eigenvalue weighted by Gasteiger charge is -2.24. The van der Waals surface area contributed by atoms with Crippen molar-refractivity contribution in [1.82, 2.24) is 10.2 Å². The van der Waals surface area contributed by atoms with Crippen LogP contribution in [0.2, 0.25) is 0 Å². The number of amidine groups is 1. The normalized spacial score (nSPS) is 32.9. The minimum atomic E-state index is 0.279. The molecule has 2 aliphatic heterocycles. The van der Waals surface area contributed by atoms with Gasteiger partial charge in [-0.2, -0.15) is 0 Å². The van der Waals surface area contributed by atoms with Gasteiger partial charge in [-0.1, -0.05) is 5.16 Å². The van der Waals surface area contributed by atoms with Gasteiger partial charge < -0.3 is 16.3 Å². The smallest absolute Gasteiger partial charge is 0.140 e. The summed E-state index contributed by atoms with van der Waals surface area (Å²) in [4.78, 5) is 2.58. The number of oxime groups is 1. The summed E-state index contributed by atoms with van der Waals surface area (Å²) in [7, 11) is 0. The van der Waals surface area contributed by atoms with E-state index in [1.54, 1.807) is 0 Å². The van der Waals surface area contributed by atoms with E-state index >= 15 is 0 Å². The number of rotatable bonds is 4. The Morgan fingerprint density at radius 3 is 3.12 bits per heavy atom. The SMILES string of the molecule is CC(CC(N)=NO)NC1CCN2CCCC12. The Bertz CT molecular complexity index is 269. The van der Waals surface area contributed by atoms with Gasteiger partial charge in [-0.05, 0) is 32.7 Å². The Morgan fingerprint density at radius 1 is 1.56 bits per heavy atom. The number of nitrogens with one attached hydrogen (secondary N) is 1. The first-order valence-electron chi connectivity index (χ1n) is 6.17. The van der Waals surface area contributed by atoms with Gasteiger partial charge in [0.15, 0.2) is 0 Å². The lowest BCUT2D eigenvalue weighted by atomic mass is 10.0. The van der Waals surface area contributed by atoms with Gasteiger partial charge in [0.25, 0.3) is 0 Å². The van der Waals surface area contributed by atoms with Gasteiger partial charge in [0.2, 0.25) is 0 Å². The molecule has 5 nitrogen and oxygen atoms in total. The highest BCUT2D eigenvalue weighted by Crippen LogP contribution is 2.28. The van der Waals surface area contributed by atoms with E-state index in [4.69, 9.17) is 10.9 Å². The summed E-state index contributed by atoms with van der Waals surface area (Å²) in [6.07, 6.45) is 4.48. The van der Waals surface area contributed by atoms with Crippen LogP contribution in [0.25, 0.3) is 0 Å². The highest BCUT2D eigenvalue weighted by Gasteiger charge is 2.37. The highest BCUT2D eigenvalue weighted by molar-refractivity contribution is 5.80. The van der Waals surface area contributed by atoms with Gasteiger partial charge in [0.1, 0.15) is 5.84 Å². The second kappa shape index (κ2) is 5.01. The topological polar surface area (TPSA) is 73.9 Å². The molecule has 0 amide bonds. The Balaban J connectivity index is 1.81. The zero-order valence-corrected chi connectivity index (χ0v) is 9.89. The van der Waals surface area contributed by atoms with Crippen molar-refractivity contribution in [2.45, 2.75) is 50.7 Å². The fraction of sp³-hybridized carbons (Fsp3) is 0.909. The van der Waals surface area contributed by atoms with E-state index in [0.717, 1.165) is 6.04 Å². The van der Waals surface area contributed by atoms with Crippen LogP contribution in [0.15, 0.2) is 5.16 Å². The molecule has 5 heteroatoms. The van der Waals surface area contributed by atoms with E-state index in [1.807, 2.05) is 0 Å². The number of hydrogen-bond acceptors (Lipinski definition) is 4. The maximum absolute atomic E-state index is 8.52. The quantitative estimate of drug-likeness (QED) is 0.280. The molecule has 0 spiro atoms. The third kappa shape index (κ3) is 2.47. The largest absolute Gasteiger partial charge is 0.409 e. The van der Waals surface area contributed by atoms with Crippen molar-refractivity contribution in [1.29, 1.82) is 0 Å². The Kier molecular flexibility index (Phi) is 3.66. The van der Waals surface area contributed by atoms with E-state index in [9.17, 15) is 0 Å². The first kappa shape index (κ1) is 11.7. The van der Waals surface area contributed by atoms with E-state index in [-0.39, 0.29) is 6.04 Å². The van der Waals surface area contributed by atoms with Gasteiger partial charge in [-0.15, -0.1) is 0 Å². The number of nitrogens with zero attached hydrogens (tertiary/aromatic N) is 2. The van der Waals surface area contributed by atoms with Crippen LogP contribution in [0.4, 0.5) is 0 Å². The van der Waals surface area contributed by atoms with Crippen LogP contribution in [0.5, 0.6) is 0 Å². The molecule has 2 heterocycles. The molecule has 0 aromatic rings. The first-order chi connectivity index (χ1) is 7.70. The van der Waals surface area contributed by atoms with Crippen LogP contribution in [-0.2, 0) is 0 Å². The Hall–Kier alpha value is -0.810. The molecule has 4 N–H and O–H groups in total. The molecule has 0 bridgehead atoms. The van der Waals surface area contributed by atoms with Crippen LogP contribution in [0.1, 0.15) is 32.6 Å². The van der Waals surface area contributed by atoms with Gasteiger partial charge in [0, 0.05) is 31.1 Å². The van der Waals surface area contributed by atoms with Gasteiger partial charge >= 0.3 is 0 Å². The average Bonchev–Trinajstić information content (AvgIpc) is 2.82. The van der Waals surface area contributed by atoms with Gasteiger partial charge in [-0.25, -0.2) is 0 Å². The molecule has 2 rings (SSSR count). The Labute approximate surface area is 96.7 Å². The van der Waals surface area contributed by atoms with E-state index < -0.39 is 0 Å². The molecule has 0 aliphatic carbocycles. The van der Waals surface area contributed by atoms with Crippen molar-refractivity contribution in [3.05, 3.63) is 0 Å². The lowest BCUT2D eigenvalue weighted by Crippen LogP contribution is -2.44. The predicted octanol–water partition coefficient (Wildman–Crippen LogP) is 0.338. The maximum Gasteiger partial charge on any atom is 0.140 e. The summed E-state index contributed by atoms with van der Waals surface area (Å²) >= 11 is 0. The predicted molar refractivity (Wildman–Crippen MR) is 63.6 cm³/mol. The van der Waals surface area contributed by atoms with Crippen molar-refractivity contribution in [2.24, 2.45) is 10.9 Å². The number of hydrogen-bond donors (Lipinski definition) is 3. The van der Waals surface area contributed by atoms with E-state index in [2.05, 4.69) is 22.3 Å². The highest BCUT2D eigenvalue weighted by atomic mass is 16.4. The fourth-order valence-corrected chi connectivity index (χ4v) is 3.06. The second-order valence-electron chi connectivity index (χ2n) is 5.00. The summed E-state index contributed by atoms with van der Waals surface area (Å²) in [5, 5.41) is 15.1. The zero-order chi connectivity index (χ0) is 11.5. The molecule has 16 heavy (non-hydrogen) atoms. The van der Waals surface area contributed by atoms with Crippen LogP contribution in [0.3, 0.4) is 0 Å². The molecule has 92 valence electrons. The molecule has 0 aromatic heterocycles. The summed E-state index contributed by atoms with van der Waals surface area (Å²) in [5.74, 6) is 0.307. The molecule has 2 saturated heterocycles. The van der Waals surface area contributed by atoms with Crippen molar-refractivity contribution >= 4 is 5.84 Å². The monoisotopic (exact) mass is 226 g/mol. The number of fused-ring (bicyclic) bond motifs is 1. The maximum atomic E-state index is 8.52. The van der Waals surface area contributed by atoms with Gasteiger partial charge in [0.05, 0.1) is 0 Å². The molecule has 2 fully saturated rings. The summed E-state index contributed by atoms with van der Waals surface area (Å²) in [5.41, 5.74) is 5.50. The summed E-state index contributed by atoms with van der Waals surface area (Å²) < 4.78 is 0. The third-order valence-electron chi connectivity index (χ3n) is 3.75. The zero-order valence-electron chi connectivity index (χ0n) is 9.89. The molecule has 3 atom stereocenters. The molecule has 0 radical (unpaired) electrons. The fourth-order valence-electron chi connectivity index (χ4n) is 3.06. The van der Waals surface area contributed by atoms with Crippen molar-refractivity contribution in [2.75, 3.05) is 13.1 Å². The molecule has 0 aromatic carbocycles. The average molecular weight is 226 g/mol. The molecule has 2 aliphatic rings. The minimum absolute atomic E-state index is 0.279. The van der Waals surface area contributed by atoms with Gasteiger partial charge in [-0.3, -0.25) is 4.90 Å². The van der Waals surface area contributed by atoms with Crippen molar-refractivity contribution in [3.63, 3.8) is 0 Å². The standard InChI is InChI=1S/C11H22N4O/c1-8(7-11(12)14-16)13-9-4-6-15-5-2-3-10(9)15/h8-10,13,16H,2-7H2,1H3,(H2,12,14). The first-order valence-corrected chi connectivity index (χ1v) is 6.17. The van der Waals surface area contributed by atoms with E-state index in [1.165, 1.54) is 32.4 Å². The third-order valence-corrected chi connectivity index (χ3v) is 3.75. The van der Waals surface area contributed by atoms with E-state index in [0.29, 0.717) is 18.3 Å². The van der Waals surface area contributed by atoms with Crippen LogP contribution >= 0.6 is 0 Å². The lowest BCUT2D eigenvalue weighted by molar-refractivity contribution is 0.290. The molecule has 3 unspecified atom stereocenters.